The zero-order valence-corrected chi connectivity index (χ0v) is 11.1. The first-order valence-electron chi connectivity index (χ1n) is 7.18. The normalized spacial score (nSPS) is 34.1. The largest absolute Gasteiger partial charge is 0.310 e. The van der Waals surface area contributed by atoms with Crippen LogP contribution < -0.4 is 10.6 Å². The molecule has 1 aliphatic heterocycles. The maximum atomic E-state index is 3.87. The summed E-state index contributed by atoms with van der Waals surface area (Å²) in [6.45, 7) is 7.12. The highest BCUT2D eigenvalue weighted by atomic mass is 15.1. The van der Waals surface area contributed by atoms with Gasteiger partial charge in [0.25, 0.3) is 0 Å². The predicted molar refractivity (Wildman–Crippen MR) is 69.8 cm³/mol. The molecule has 0 aromatic rings. The molecule has 2 N–H and O–H groups in total. The Hall–Kier alpha value is -0.0800. The molecule has 0 amide bonds. The van der Waals surface area contributed by atoms with E-state index >= 15 is 0 Å². The molecule has 0 aromatic carbocycles. The molecule has 0 bridgehead atoms. The number of rotatable bonds is 4. The van der Waals surface area contributed by atoms with Crippen molar-refractivity contribution in [3.8, 4) is 0 Å². The van der Waals surface area contributed by atoms with Crippen molar-refractivity contribution in [2.24, 2.45) is 0 Å². The smallest absolute Gasteiger partial charge is 0.0304 e. The van der Waals surface area contributed by atoms with E-state index in [9.17, 15) is 0 Å². The summed E-state index contributed by atoms with van der Waals surface area (Å²) >= 11 is 0. The Labute approximate surface area is 101 Å². The van der Waals surface area contributed by atoms with Gasteiger partial charge in [-0.1, -0.05) is 26.2 Å². The molecule has 1 heterocycles. The minimum atomic E-state index is 0.403. The lowest BCUT2D eigenvalue weighted by atomic mass is 9.82. The highest BCUT2D eigenvalue weighted by Crippen LogP contribution is 2.29. The second-order valence-electron chi connectivity index (χ2n) is 6.14. The minimum absolute atomic E-state index is 0.403. The van der Waals surface area contributed by atoms with Crippen LogP contribution in [0.3, 0.4) is 0 Å². The highest BCUT2D eigenvalue weighted by molar-refractivity contribution is 4.97. The molecule has 1 saturated heterocycles. The first kappa shape index (κ1) is 12.4. The number of hydrogen-bond acceptors (Lipinski definition) is 2. The molecule has 0 aromatic heterocycles. The Kier molecular flexibility index (Phi) is 3.91. The van der Waals surface area contributed by atoms with E-state index in [1.165, 1.54) is 64.5 Å². The van der Waals surface area contributed by atoms with E-state index in [-0.39, 0.29) is 0 Å². The van der Waals surface area contributed by atoms with Crippen LogP contribution in [0.1, 0.15) is 65.2 Å². The van der Waals surface area contributed by atoms with Gasteiger partial charge in [0, 0.05) is 17.6 Å². The van der Waals surface area contributed by atoms with Gasteiger partial charge in [-0.15, -0.1) is 0 Å². The van der Waals surface area contributed by atoms with Crippen LogP contribution in [0.15, 0.2) is 0 Å². The molecule has 2 nitrogen and oxygen atoms in total. The van der Waals surface area contributed by atoms with Gasteiger partial charge < -0.3 is 10.6 Å². The molecule has 2 aliphatic rings. The van der Waals surface area contributed by atoms with Gasteiger partial charge in [-0.25, -0.2) is 0 Å². The van der Waals surface area contributed by atoms with Crippen LogP contribution >= 0.6 is 0 Å². The number of nitrogens with one attached hydrogen (secondary N) is 2. The lowest BCUT2D eigenvalue weighted by molar-refractivity contribution is 0.218. The summed E-state index contributed by atoms with van der Waals surface area (Å²) < 4.78 is 0. The van der Waals surface area contributed by atoms with Crippen molar-refractivity contribution in [2.75, 3.05) is 13.1 Å². The molecular weight excluding hydrogens is 196 g/mol. The highest BCUT2D eigenvalue weighted by Gasteiger charge is 2.34. The predicted octanol–water partition coefficient (Wildman–Crippen LogP) is 2.83. The van der Waals surface area contributed by atoms with Crippen LogP contribution in [0.25, 0.3) is 0 Å². The van der Waals surface area contributed by atoms with Gasteiger partial charge in [-0.2, -0.15) is 0 Å². The van der Waals surface area contributed by atoms with Crippen LogP contribution in [-0.2, 0) is 0 Å². The van der Waals surface area contributed by atoms with Crippen molar-refractivity contribution in [1.82, 2.24) is 10.6 Å². The Bertz CT molecular complexity index is 213. The topological polar surface area (TPSA) is 24.1 Å². The van der Waals surface area contributed by atoms with Crippen LogP contribution in [-0.4, -0.2) is 24.2 Å². The van der Waals surface area contributed by atoms with Crippen molar-refractivity contribution in [3.05, 3.63) is 0 Å². The van der Waals surface area contributed by atoms with E-state index in [2.05, 4.69) is 24.5 Å². The Balaban J connectivity index is 1.85. The SMILES string of the molecule is CCC1(CNC2(C)CCCCC2)CCCN1. The van der Waals surface area contributed by atoms with E-state index in [1.807, 2.05) is 0 Å². The molecule has 1 unspecified atom stereocenters. The van der Waals surface area contributed by atoms with Gasteiger partial charge in [0.1, 0.15) is 0 Å². The van der Waals surface area contributed by atoms with Crippen LogP contribution in [0.5, 0.6) is 0 Å². The van der Waals surface area contributed by atoms with Crippen LogP contribution in [0.4, 0.5) is 0 Å². The average Bonchev–Trinajstić information content (AvgIpc) is 2.77. The summed E-state index contributed by atoms with van der Waals surface area (Å²) in [7, 11) is 0. The summed E-state index contributed by atoms with van der Waals surface area (Å²) in [5.41, 5.74) is 0.825. The molecule has 1 saturated carbocycles. The molecule has 2 heteroatoms. The maximum absolute atomic E-state index is 3.87. The molecule has 94 valence electrons. The Morgan fingerprint density at radius 2 is 1.81 bits per heavy atom. The van der Waals surface area contributed by atoms with E-state index in [0.29, 0.717) is 11.1 Å². The molecule has 0 radical (unpaired) electrons. The zero-order chi connectivity index (χ0) is 11.5. The summed E-state index contributed by atoms with van der Waals surface area (Å²) in [5.74, 6) is 0. The molecule has 0 spiro atoms. The van der Waals surface area contributed by atoms with Crippen molar-refractivity contribution in [3.63, 3.8) is 0 Å². The van der Waals surface area contributed by atoms with Gasteiger partial charge >= 0.3 is 0 Å². The molecule has 1 atom stereocenters. The maximum Gasteiger partial charge on any atom is 0.0304 e. The van der Waals surface area contributed by atoms with Crippen molar-refractivity contribution < 1.29 is 0 Å². The van der Waals surface area contributed by atoms with Gasteiger partial charge in [-0.3, -0.25) is 0 Å². The monoisotopic (exact) mass is 224 g/mol. The second kappa shape index (κ2) is 5.05. The number of hydrogen-bond donors (Lipinski definition) is 2. The molecular formula is C14H28N2. The Morgan fingerprint density at radius 1 is 1.06 bits per heavy atom. The zero-order valence-electron chi connectivity index (χ0n) is 11.1. The van der Waals surface area contributed by atoms with Crippen molar-refractivity contribution in [1.29, 1.82) is 0 Å². The minimum Gasteiger partial charge on any atom is -0.310 e. The summed E-state index contributed by atoms with van der Waals surface area (Å²) in [6.07, 6.45) is 11.0. The molecule has 2 rings (SSSR count). The average molecular weight is 224 g/mol. The molecule has 2 fully saturated rings. The fourth-order valence-electron chi connectivity index (χ4n) is 3.34. The van der Waals surface area contributed by atoms with E-state index in [4.69, 9.17) is 0 Å². The van der Waals surface area contributed by atoms with Gasteiger partial charge in [0.05, 0.1) is 0 Å². The lowest BCUT2D eigenvalue weighted by Gasteiger charge is -2.39. The summed E-state index contributed by atoms with van der Waals surface area (Å²) in [5, 5.41) is 7.58. The van der Waals surface area contributed by atoms with Gasteiger partial charge in [-0.05, 0) is 45.6 Å². The first-order chi connectivity index (χ1) is 7.68. The van der Waals surface area contributed by atoms with Crippen molar-refractivity contribution >= 4 is 0 Å². The Morgan fingerprint density at radius 3 is 2.38 bits per heavy atom. The first-order valence-corrected chi connectivity index (χ1v) is 7.18. The van der Waals surface area contributed by atoms with Crippen LogP contribution in [0.2, 0.25) is 0 Å². The van der Waals surface area contributed by atoms with Crippen molar-refractivity contribution in [2.45, 2.75) is 76.3 Å². The third kappa shape index (κ3) is 2.78. The third-order valence-corrected chi connectivity index (χ3v) is 4.82. The lowest BCUT2D eigenvalue weighted by Crippen LogP contribution is -2.54. The van der Waals surface area contributed by atoms with Gasteiger partial charge in [0.2, 0.25) is 0 Å². The van der Waals surface area contributed by atoms with Crippen LogP contribution in [0, 0.1) is 0 Å². The standard InChI is InChI=1S/C14H28N2/c1-3-14(10-7-11-15-14)12-16-13(2)8-5-4-6-9-13/h15-16H,3-12H2,1-2H3. The fraction of sp³-hybridized carbons (Fsp3) is 1.00. The summed E-state index contributed by atoms with van der Waals surface area (Å²) in [4.78, 5) is 0. The van der Waals surface area contributed by atoms with E-state index in [0.717, 1.165) is 0 Å². The third-order valence-electron chi connectivity index (χ3n) is 4.82. The molecule has 16 heavy (non-hydrogen) atoms. The van der Waals surface area contributed by atoms with E-state index in [1.54, 1.807) is 0 Å². The summed E-state index contributed by atoms with van der Waals surface area (Å²) in [6, 6.07) is 0. The molecule has 1 aliphatic carbocycles. The quantitative estimate of drug-likeness (QED) is 0.767. The fourth-order valence-corrected chi connectivity index (χ4v) is 3.34. The second-order valence-corrected chi connectivity index (χ2v) is 6.14. The van der Waals surface area contributed by atoms with Gasteiger partial charge in [0.15, 0.2) is 0 Å². The van der Waals surface area contributed by atoms with E-state index < -0.39 is 0 Å².